The quantitative estimate of drug-likeness (QED) is 0.670. The zero-order valence-corrected chi connectivity index (χ0v) is 19.0. The van der Waals surface area contributed by atoms with Crippen LogP contribution < -0.4 is 10.6 Å². The summed E-state index contributed by atoms with van der Waals surface area (Å²) in [7, 11) is -3.51. The highest BCUT2D eigenvalue weighted by Gasteiger charge is 2.27. The number of sulfonamides is 1. The molecule has 3 heterocycles. The first kappa shape index (κ1) is 21.6. The molecule has 1 saturated heterocycles. The molecule has 4 rings (SSSR count). The highest BCUT2D eigenvalue weighted by molar-refractivity contribution is 7.91. The lowest BCUT2D eigenvalue weighted by atomic mass is 9.90. The Labute approximate surface area is 183 Å². The van der Waals surface area contributed by atoms with Crippen molar-refractivity contribution in [2.45, 2.75) is 48.8 Å². The van der Waals surface area contributed by atoms with E-state index in [2.05, 4.69) is 20.8 Å². The second kappa shape index (κ2) is 9.69. The third-order valence-corrected chi connectivity index (χ3v) is 9.69. The maximum atomic E-state index is 12.7. The van der Waals surface area contributed by atoms with Crippen molar-refractivity contribution in [3.05, 3.63) is 22.0 Å². The van der Waals surface area contributed by atoms with E-state index in [0.29, 0.717) is 37.4 Å². The van der Waals surface area contributed by atoms with E-state index in [0.717, 1.165) is 22.7 Å². The van der Waals surface area contributed by atoms with E-state index >= 15 is 0 Å². The predicted octanol–water partition coefficient (Wildman–Crippen LogP) is 2.99. The molecule has 2 fully saturated rings. The highest BCUT2D eigenvalue weighted by atomic mass is 32.2. The summed E-state index contributed by atoms with van der Waals surface area (Å²) >= 11 is 2.59. The number of aromatic nitrogens is 2. The number of nitrogens with one attached hydrogen (secondary N) is 2. The fraction of sp³-hybridized carbons (Fsp3) is 0.611. The van der Waals surface area contributed by atoms with Crippen LogP contribution in [0.25, 0.3) is 0 Å². The van der Waals surface area contributed by atoms with Gasteiger partial charge in [0.2, 0.25) is 5.13 Å². The van der Waals surface area contributed by atoms with Gasteiger partial charge in [-0.15, -0.1) is 21.5 Å². The smallest absolute Gasteiger partial charge is 0.321 e. The summed E-state index contributed by atoms with van der Waals surface area (Å²) in [6, 6.07) is 2.93. The molecule has 0 aromatic carbocycles. The number of hydrogen-bond donors (Lipinski definition) is 2. The number of carbonyl (C=O) groups is 1. The number of ether oxygens (including phenoxy) is 1. The van der Waals surface area contributed by atoms with Gasteiger partial charge in [-0.1, -0.05) is 30.6 Å². The van der Waals surface area contributed by atoms with Crippen LogP contribution in [0.1, 0.15) is 47.9 Å². The summed E-state index contributed by atoms with van der Waals surface area (Å²) in [5.41, 5.74) is 0. The van der Waals surface area contributed by atoms with E-state index in [1.54, 1.807) is 12.1 Å². The minimum atomic E-state index is -3.51. The molecule has 30 heavy (non-hydrogen) atoms. The zero-order chi connectivity index (χ0) is 21.0. The van der Waals surface area contributed by atoms with Crippen molar-refractivity contribution in [3.8, 4) is 0 Å². The largest absolute Gasteiger partial charge is 0.379 e. The summed E-state index contributed by atoms with van der Waals surface area (Å²) in [5.74, 6) is 0.452. The molecule has 12 heteroatoms. The monoisotopic (exact) mass is 471 g/mol. The number of hydrogen-bond acceptors (Lipinski definition) is 8. The molecular weight excluding hydrogens is 446 g/mol. The molecule has 2 aromatic rings. The van der Waals surface area contributed by atoms with Crippen LogP contribution in [0, 0.1) is 0 Å². The molecule has 2 N–H and O–H groups in total. The van der Waals surface area contributed by atoms with Crippen molar-refractivity contribution in [2.75, 3.05) is 31.6 Å². The van der Waals surface area contributed by atoms with Gasteiger partial charge < -0.3 is 10.1 Å². The minimum absolute atomic E-state index is 0.240. The van der Waals surface area contributed by atoms with Crippen LogP contribution in [0.3, 0.4) is 0 Å². The minimum Gasteiger partial charge on any atom is -0.379 e. The second-order valence-corrected chi connectivity index (χ2v) is 11.7. The lowest BCUT2D eigenvalue weighted by molar-refractivity contribution is 0.0731. The molecule has 1 aliphatic carbocycles. The molecule has 164 valence electrons. The van der Waals surface area contributed by atoms with Crippen LogP contribution in [-0.4, -0.2) is 55.3 Å². The molecule has 1 saturated carbocycles. The Balaban J connectivity index is 1.29. The van der Waals surface area contributed by atoms with Crippen molar-refractivity contribution in [2.24, 2.45) is 0 Å². The Morgan fingerprint density at radius 1 is 1.13 bits per heavy atom. The molecule has 9 nitrogen and oxygen atoms in total. The lowest BCUT2D eigenvalue weighted by Crippen LogP contribution is -2.40. The van der Waals surface area contributed by atoms with Gasteiger partial charge in [-0.05, 0) is 25.0 Å². The number of nitrogens with zero attached hydrogens (tertiary/aromatic N) is 3. The third kappa shape index (κ3) is 5.17. The number of carbonyl (C=O) groups excluding carboxylic acids is 1. The normalized spacial score (nSPS) is 18.9. The molecule has 0 unspecified atom stereocenters. The molecule has 2 aliphatic rings. The average Bonchev–Trinajstić information content (AvgIpc) is 3.44. The third-order valence-electron chi connectivity index (χ3n) is 5.24. The maximum absolute atomic E-state index is 12.7. The van der Waals surface area contributed by atoms with Crippen LogP contribution in [-0.2, 0) is 21.3 Å². The molecular formula is C18H25N5O4S3. The van der Waals surface area contributed by atoms with Gasteiger partial charge in [-0.25, -0.2) is 13.2 Å². The first-order valence-corrected chi connectivity index (χ1v) is 13.1. The van der Waals surface area contributed by atoms with Crippen molar-refractivity contribution in [3.63, 3.8) is 0 Å². The topological polar surface area (TPSA) is 114 Å². The van der Waals surface area contributed by atoms with Crippen LogP contribution in [0.15, 0.2) is 16.3 Å². The summed E-state index contributed by atoms with van der Waals surface area (Å²) in [4.78, 5) is 13.0. The number of anilines is 1. The van der Waals surface area contributed by atoms with Gasteiger partial charge in [0.05, 0.1) is 19.8 Å². The van der Waals surface area contributed by atoms with Gasteiger partial charge in [0.15, 0.2) is 0 Å². The molecule has 0 radical (unpaired) electrons. The summed E-state index contributed by atoms with van der Waals surface area (Å²) in [6.45, 7) is 1.78. The number of rotatable bonds is 6. The van der Waals surface area contributed by atoms with E-state index in [-0.39, 0.29) is 16.8 Å². The molecule has 0 atom stereocenters. The fourth-order valence-electron chi connectivity index (χ4n) is 3.61. The Morgan fingerprint density at radius 3 is 2.67 bits per heavy atom. The van der Waals surface area contributed by atoms with E-state index in [1.165, 1.54) is 46.2 Å². The number of amides is 2. The van der Waals surface area contributed by atoms with Gasteiger partial charge in [0, 0.05) is 23.9 Å². The number of urea groups is 1. The zero-order valence-electron chi connectivity index (χ0n) is 16.5. The van der Waals surface area contributed by atoms with E-state index in [9.17, 15) is 13.2 Å². The fourth-order valence-corrected chi connectivity index (χ4v) is 7.38. The Morgan fingerprint density at radius 2 is 1.90 bits per heavy atom. The highest BCUT2D eigenvalue weighted by Crippen LogP contribution is 2.35. The van der Waals surface area contributed by atoms with Crippen LogP contribution in [0.4, 0.5) is 9.93 Å². The Hall–Kier alpha value is -1.60. The predicted molar refractivity (Wildman–Crippen MR) is 115 cm³/mol. The number of thiophene rings is 1. The van der Waals surface area contributed by atoms with E-state index < -0.39 is 10.0 Å². The average molecular weight is 472 g/mol. The SMILES string of the molecule is O=C(NCc1ccc(S(=O)(=O)N2CCOCC2)s1)Nc1nnc(C2CCCCC2)s1. The van der Waals surface area contributed by atoms with Gasteiger partial charge in [-0.2, -0.15) is 4.31 Å². The first-order chi connectivity index (χ1) is 14.5. The Kier molecular flexibility index (Phi) is 6.98. The van der Waals surface area contributed by atoms with Gasteiger partial charge >= 0.3 is 6.03 Å². The molecule has 0 spiro atoms. The van der Waals surface area contributed by atoms with Crippen molar-refractivity contribution < 1.29 is 17.9 Å². The maximum Gasteiger partial charge on any atom is 0.321 e. The second-order valence-electron chi connectivity index (χ2n) is 7.33. The summed E-state index contributed by atoms with van der Waals surface area (Å²) in [5, 5.41) is 15.3. The van der Waals surface area contributed by atoms with Crippen molar-refractivity contribution in [1.82, 2.24) is 19.8 Å². The van der Waals surface area contributed by atoms with Crippen molar-refractivity contribution in [1.29, 1.82) is 0 Å². The van der Waals surface area contributed by atoms with Crippen LogP contribution >= 0.6 is 22.7 Å². The Bertz CT molecular complexity index is 962. The van der Waals surface area contributed by atoms with Crippen LogP contribution in [0.2, 0.25) is 0 Å². The van der Waals surface area contributed by atoms with Gasteiger partial charge in [0.1, 0.15) is 9.22 Å². The molecule has 2 aromatic heterocycles. The van der Waals surface area contributed by atoms with Gasteiger partial charge in [0.25, 0.3) is 10.0 Å². The standard InChI is InChI=1S/C18H25N5O4S3/c24-17(20-18-22-21-16(29-18)13-4-2-1-3-5-13)19-12-14-6-7-15(28-14)30(25,26)23-8-10-27-11-9-23/h6-7,13H,1-5,8-12H2,(H2,19,20,22,24). The van der Waals surface area contributed by atoms with E-state index in [1.807, 2.05) is 0 Å². The van der Waals surface area contributed by atoms with Gasteiger partial charge in [-0.3, -0.25) is 5.32 Å². The molecule has 0 bridgehead atoms. The summed E-state index contributed by atoms with van der Waals surface area (Å²) in [6.07, 6.45) is 5.99. The van der Waals surface area contributed by atoms with Crippen LogP contribution in [0.5, 0.6) is 0 Å². The van der Waals surface area contributed by atoms with E-state index in [4.69, 9.17) is 4.74 Å². The summed E-state index contributed by atoms with van der Waals surface area (Å²) < 4.78 is 32.3. The molecule has 2 amide bonds. The first-order valence-electron chi connectivity index (χ1n) is 10.1. The number of morpholine rings is 1. The molecule has 1 aliphatic heterocycles. The van der Waals surface area contributed by atoms with Crippen molar-refractivity contribution >= 4 is 43.9 Å². The lowest BCUT2D eigenvalue weighted by Gasteiger charge is -2.25.